The van der Waals surface area contributed by atoms with Gasteiger partial charge in [-0.1, -0.05) is 6.92 Å². The molecule has 1 fully saturated rings. The van der Waals surface area contributed by atoms with Crippen molar-refractivity contribution < 1.29 is 9.13 Å². The van der Waals surface area contributed by atoms with Crippen LogP contribution in [0.1, 0.15) is 25.3 Å². The Balaban J connectivity index is 2.07. The van der Waals surface area contributed by atoms with Crippen molar-refractivity contribution in [2.75, 3.05) is 6.61 Å². The van der Waals surface area contributed by atoms with E-state index in [1.807, 2.05) is 0 Å². The van der Waals surface area contributed by atoms with E-state index in [0.29, 0.717) is 15.9 Å². The lowest BCUT2D eigenvalue weighted by molar-refractivity contribution is 0.0883. The minimum absolute atomic E-state index is 0.00392. The first-order chi connectivity index (χ1) is 8.15. The van der Waals surface area contributed by atoms with E-state index in [2.05, 4.69) is 32.8 Å². The lowest BCUT2D eigenvalue weighted by atomic mass is 10.0. The van der Waals surface area contributed by atoms with E-state index in [1.54, 1.807) is 6.07 Å². The molecule has 1 aliphatic heterocycles. The second-order valence-electron chi connectivity index (χ2n) is 4.46. The maximum Gasteiger partial charge on any atom is 0.139 e. The number of imidazole rings is 1. The third-order valence-electron chi connectivity index (χ3n) is 3.20. The Hall–Kier alpha value is -0.940. The molecular formula is C12H12BrFN2O. The molecule has 0 saturated carbocycles. The normalized spacial score (nSPS) is 24.6. The van der Waals surface area contributed by atoms with Gasteiger partial charge in [0.25, 0.3) is 0 Å². The van der Waals surface area contributed by atoms with Crippen molar-refractivity contribution in [2.45, 2.75) is 19.4 Å². The van der Waals surface area contributed by atoms with Gasteiger partial charge in [-0.2, -0.15) is 0 Å². The molecule has 2 aromatic rings. The third kappa shape index (κ3) is 1.87. The Morgan fingerprint density at radius 2 is 2.35 bits per heavy atom. The molecule has 1 saturated heterocycles. The Kier molecular flexibility index (Phi) is 2.67. The monoisotopic (exact) mass is 298 g/mol. The molecule has 3 rings (SSSR count). The summed E-state index contributed by atoms with van der Waals surface area (Å²) in [6.45, 7) is 2.91. The van der Waals surface area contributed by atoms with Gasteiger partial charge in [-0.3, -0.25) is 0 Å². The maximum absolute atomic E-state index is 13.4. The van der Waals surface area contributed by atoms with Crippen LogP contribution in [0.2, 0.25) is 0 Å². The second kappa shape index (κ2) is 4.07. The first-order valence-corrected chi connectivity index (χ1v) is 6.40. The third-order valence-corrected chi connectivity index (χ3v) is 3.81. The fraction of sp³-hybridized carbons (Fsp3) is 0.417. The van der Waals surface area contributed by atoms with Crippen LogP contribution in [0.4, 0.5) is 4.39 Å². The van der Waals surface area contributed by atoms with Gasteiger partial charge in [0, 0.05) is 12.7 Å². The van der Waals surface area contributed by atoms with E-state index in [-0.39, 0.29) is 11.9 Å². The molecule has 0 bridgehead atoms. The fourth-order valence-electron chi connectivity index (χ4n) is 2.20. The van der Waals surface area contributed by atoms with Crippen LogP contribution in [0.5, 0.6) is 0 Å². The number of nitrogens with one attached hydrogen (secondary N) is 1. The molecule has 1 N–H and O–H groups in total. The van der Waals surface area contributed by atoms with Gasteiger partial charge in [0.15, 0.2) is 0 Å². The van der Waals surface area contributed by atoms with Crippen LogP contribution < -0.4 is 0 Å². The van der Waals surface area contributed by atoms with Crippen LogP contribution in [-0.2, 0) is 4.74 Å². The number of ether oxygens (including phenoxy) is 1. The maximum atomic E-state index is 13.4. The highest BCUT2D eigenvalue weighted by molar-refractivity contribution is 9.10. The number of aromatic nitrogens is 2. The Morgan fingerprint density at radius 3 is 3.06 bits per heavy atom. The van der Waals surface area contributed by atoms with Crippen molar-refractivity contribution in [2.24, 2.45) is 5.92 Å². The summed E-state index contributed by atoms with van der Waals surface area (Å²) in [6.07, 6.45) is 1.05. The number of rotatable bonds is 1. The van der Waals surface area contributed by atoms with Gasteiger partial charge in [0.05, 0.1) is 15.5 Å². The molecule has 2 atom stereocenters. The smallest absolute Gasteiger partial charge is 0.139 e. The minimum atomic E-state index is -0.284. The summed E-state index contributed by atoms with van der Waals surface area (Å²) in [7, 11) is 0. The molecule has 3 nitrogen and oxygen atoms in total. The van der Waals surface area contributed by atoms with Crippen LogP contribution in [0.3, 0.4) is 0 Å². The average Bonchev–Trinajstić information content (AvgIpc) is 2.85. The van der Waals surface area contributed by atoms with Crippen molar-refractivity contribution in [3.05, 3.63) is 28.2 Å². The Morgan fingerprint density at radius 1 is 1.53 bits per heavy atom. The predicted octanol–water partition coefficient (Wildman–Crippen LogP) is 3.56. The molecule has 0 spiro atoms. The molecule has 2 unspecified atom stereocenters. The molecule has 90 valence electrons. The summed E-state index contributed by atoms with van der Waals surface area (Å²) >= 11 is 3.16. The summed E-state index contributed by atoms with van der Waals surface area (Å²) in [6, 6.07) is 3.14. The van der Waals surface area contributed by atoms with Gasteiger partial charge >= 0.3 is 0 Å². The first-order valence-electron chi connectivity index (χ1n) is 5.61. The zero-order valence-electron chi connectivity index (χ0n) is 9.34. The average molecular weight is 299 g/mol. The van der Waals surface area contributed by atoms with Gasteiger partial charge < -0.3 is 9.72 Å². The fourth-order valence-corrected chi connectivity index (χ4v) is 2.54. The molecule has 0 amide bonds. The highest BCUT2D eigenvalue weighted by Gasteiger charge is 2.28. The number of hydrogen-bond donors (Lipinski definition) is 1. The van der Waals surface area contributed by atoms with E-state index >= 15 is 0 Å². The lowest BCUT2D eigenvalue weighted by Crippen LogP contribution is -2.05. The molecule has 1 aromatic heterocycles. The van der Waals surface area contributed by atoms with Gasteiger partial charge in [-0.25, -0.2) is 9.37 Å². The van der Waals surface area contributed by atoms with Crippen LogP contribution in [0.25, 0.3) is 11.0 Å². The Labute approximate surface area is 107 Å². The van der Waals surface area contributed by atoms with E-state index in [9.17, 15) is 4.39 Å². The second-order valence-corrected chi connectivity index (χ2v) is 5.32. The number of aromatic amines is 1. The van der Waals surface area contributed by atoms with Gasteiger partial charge in [0.1, 0.15) is 17.7 Å². The molecule has 1 aromatic carbocycles. The van der Waals surface area contributed by atoms with Crippen LogP contribution in [0, 0.1) is 11.7 Å². The van der Waals surface area contributed by atoms with Crippen LogP contribution in [0.15, 0.2) is 16.6 Å². The van der Waals surface area contributed by atoms with Crippen LogP contribution in [-0.4, -0.2) is 16.6 Å². The van der Waals surface area contributed by atoms with Crippen LogP contribution >= 0.6 is 15.9 Å². The van der Waals surface area contributed by atoms with Gasteiger partial charge in [-0.05, 0) is 34.3 Å². The SMILES string of the molecule is CC1CCOC1c1nc2cc(Br)c(F)cc2[nH]1. The summed E-state index contributed by atoms with van der Waals surface area (Å²) in [5.74, 6) is 0.958. The zero-order chi connectivity index (χ0) is 12.0. The van der Waals surface area contributed by atoms with Gasteiger partial charge in [0.2, 0.25) is 0 Å². The summed E-state index contributed by atoms with van der Waals surface area (Å²) in [5.41, 5.74) is 1.47. The molecule has 0 aliphatic carbocycles. The number of nitrogens with zero attached hydrogens (tertiary/aromatic N) is 1. The van der Waals surface area contributed by atoms with Crippen molar-refractivity contribution in [3.63, 3.8) is 0 Å². The number of halogens is 2. The van der Waals surface area contributed by atoms with Gasteiger partial charge in [-0.15, -0.1) is 0 Å². The molecule has 17 heavy (non-hydrogen) atoms. The van der Waals surface area contributed by atoms with Crippen molar-refractivity contribution >= 4 is 27.0 Å². The summed E-state index contributed by atoms with van der Waals surface area (Å²) < 4.78 is 19.5. The molecule has 5 heteroatoms. The van der Waals surface area contributed by atoms with Crippen molar-refractivity contribution in [3.8, 4) is 0 Å². The number of fused-ring (bicyclic) bond motifs is 1. The largest absolute Gasteiger partial charge is 0.370 e. The number of H-pyrrole nitrogens is 1. The summed E-state index contributed by atoms with van der Waals surface area (Å²) in [4.78, 5) is 7.61. The van der Waals surface area contributed by atoms with E-state index in [0.717, 1.165) is 24.4 Å². The standard InChI is InChI=1S/C12H12BrFN2O/c1-6-2-3-17-11(6)12-15-9-4-7(13)8(14)5-10(9)16-12/h4-6,11H,2-3H2,1H3,(H,15,16). The van der Waals surface area contributed by atoms with E-state index in [4.69, 9.17) is 4.74 Å². The van der Waals surface area contributed by atoms with Crippen molar-refractivity contribution in [1.82, 2.24) is 9.97 Å². The molecular weight excluding hydrogens is 287 g/mol. The topological polar surface area (TPSA) is 37.9 Å². The highest BCUT2D eigenvalue weighted by atomic mass is 79.9. The van der Waals surface area contributed by atoms with E-state index < -0.39 is 0 Å². The predicted molar refractivity (Wildman–Crippen MR) is 66.2 cm³/mol. The molecule has 0 radical (unpaired) electrons. The molecule has 2 heterocycles. The lowest BCUT2D eigenvalue weighted by Gasteiger charge is -2.10. The molecule has 1 aliphatic rings. The number of benzene rings is 1. The Bertz CT molecular complexity index is 530. The quantitative estimate of drug-likeness (QED) is 0.874. The van der Waals surface area contributed by atoms with Crippen molar-refractivity contribution in [1.29, 1.82) is 0 Å². The number of hydrogen-bond acceptors (Lipinski definition) is 2. The van der Waals surface area contributed by atoms with E-state index in [1.165, 1.54) is 6.07 Å². The minimum Gasteiger partial charge on any atom is -0.370 e. The zero-order valence-corrected chi connectivity index (χ0v) is 10.9. The first kappa shape index (κ1) is 11.2. The highest BCUT2D eigenvalue weighted by Crippen LogP contribution is 2.33. The summed E-state index contributed by atoms with van der Waals surface area (Å²) in [5, 5.41) is 0.